The van der Waals surface area contributed by atoms with Crippen LogP contribution in [0.25, 0.3) is 30.8 Å². The van der Waals surface area contributed by atoms with E-state index in [1.807, 2.05) is 30.3 Å². The van der Waals surface area contributed by atoms with Crippen molar-refractivity contribution >= 4 is 135 Å². The summed E-state index contributed by atoms with van der Waals surface area (Å²) in [5.41, 5.74) is 14.3. The van der Waals surface area contributed by atoms with Crippen LogP contribution in [0.4, 0.5) is 41.7 Å². The molecule has 6 N–H and O–H groups in total. The lowest BCUT2D eigenvalue weighted by molar-refractivity contribution is 0.0587. The number of nitrogens with one attached hydrogen (secondary N) is 3. The number of benzene rings is 3. The number of nitrogen functional groups attached to an aromatic ring is 1. The highest BCUT2D eigenvalue weighted by molar-refractivity contribution is 7.23. The number of thiophene rings is 3. The van der Waals surface area contributed by atoms with Crippen LogP contribution in [0, 0.1) is 0 Å². The Bertz CT molecular complexity index is 4180. The smallest absolute Gasteiger partial charge is 0.351 e. The molecule has 3 aliphatic carbocycles. The normalized spacial score (nSPS) is 12.8. The molecule has 3 aromatic carbocycles. The number of methoxy groups -OCH3 is 2. The summed E-state index contributed by atoms with van der Waals surface area (Å²) in [6.45, 7) is 0. The largest absolute Gasteiger partial charge is 0.477 e. The zero-order chi connectivity index (χ0) is 59.8. The van der Waals surface area contributed by atoms with Gasteiger partial charge in [-0.15, -0.1) is 34.0 Å². The summed E-state index contributed by atoms with van der Waals surface area (Å²) in [5, 5.41) is 19.9. The second-order valence-corrected chi connectivity index (χ2v) is 23.0. The average Bonchev–Trinajstić information content (AvgIpc) is 4.31. The zero-order valence-corrected chi connectivity index (χ0v) is 49.6. The molecule has 0 unspecified atom stereocenters. The summed E-state index contributed by atoms with van der Waals surface area (Å²) < 4.78 is 26.2. The number of nitrogens with zero attached hydrogens (tertiary/aromatic N) is 2. The number of carboxylic acids is 1. The fourth-order valence-corrected chi connectivity index (χ4v) is 12.9. The predicted octanol–water partition coefficient (Wildman–Crippen LogP) is 11.7. The topological polar surface area (TPSA) is 283 Å². The number of ether oxygens (including phenoxy) is 2. The van der Waals surface area contributed by atoms with E-state index in [0.29, 0.717) is 30.6 Å². The van der Waals surface area contributed by atoms with E-state index in [1.54, 1.807) is 39.3 Å². The van der Waals surface area contributed by atoms with Crippen LogP contribution in [0.15, 0.2) is 119 Å². The first-order valence-corrected chi connectivity index (χ1v) is 29.4. The Hall–Kier alpha value is -9.00. The van der Waals surface area contributed by atoms with Crippen molar-refractivity contribution in [2.45, 2.75) is 77.0 Å². The second kappa shape index (κ2) is 27.6. The molecule has 0 aliphatic heterocycles. The van der Waals surface area contributed by atoms with E-state index in [0.717, 1.165) is 71.7 Å². The number of amides is 4. The highest BCUT2D eigenvalue weighted by atomic mass is 32.1. The van der Waals surface area contributed by atoms with E-state index in [1.165, 1.54) is 142 Å². The van der Waals surface area contributed by atoms with E-state index in [-0.39, 0.29) is 37.2 Å². The molecule has 0 fully saturated rings. The Morgan fingerprint density at radius 1 is 0.529 bits per heavy atom. The second-order valence-electron chi connectivity index (χ2n) is 19.8. The molecule has 0 saturated carbocycles. The highest BCUT2D eigenvalue weighted by Gasteiger charge is 2.24. The third-order valence-corrected chi connectivity index (χ3v) is 17.9. The maximum atomic E-state index is 12.8. The number of esters is 2. The molecule has 85 heavy (non-hydrogen) atoms. The number of carbonyl (C=O) groups excluding carboxylic acids is 4. The molecular weight excluding hydrogens is 1150 g/mol. The van der Waals surface area contributed by atoms with Gasteiger partial charge in [0.1, 0.15) is 26.7 Å². The highest BCUT2D eigenvalue weighted by Crippen LogP contribution is 2.36. The van der Waals surface area contributed by atoms with Gasteiger partial charge in [0.05, 0.1) is 33.3 Å². The van der Waals surface area contributed by atoms with E-state index in [9.17, 15) is 38.4 Å². The fourth-order valence-electron chi connectivity index (χ4n) is 10.0. The SMILES string of the molecule is CN(C(=O)Nc1cccc2c1CCCC2)c1cc2oc(=O)c(C(=O)O)cc2s1.CNc1cc2oc(=O)c(C(=O)OC)cc2s1.COC(=O)c1cc2sc(N(C)C(=O)Nc3cccc4c3CCCC4)cc2oc1=O.Nc1cccc2c1CCCC2.[B]. The summed E-state index contributed by atoms with van der Waals surface area (Å²) in [7, 11) is 7.45. The van der Waals surface area contributed by atoms with Crippen LogP contribution >= 0.6 is 34.0 Å². The van der Waals surface area contributed by atoms with Crippen LogP contribution in [-0.4, -0.2) is 78.9 Å². The third-order valence-electron chi connectivity index (χ3n) is 14.5. The van der Waals surface area contributed by atoms with Gasteiger partial charge < -0.3 is 49.5 Å². The molecule has 0 bridgehead atoms. The van der Waals surface area contributed by atoms with E-state index < -0.39 is 40.3 Å². The van der Waals surface area contributed by atoms with Gasteiger partial charge in [0, 0.05) is 64.8 Å². The molecule has 439 valence electrons. The van der Waals surface area contributed by atoms with Crippen molar-refractivity contribution in [3.63, 3.8) is 0 Å². The minimum Gasteiger partial charge on any atom is -0.477 e. The molecule has 0 spiro atoms. The van der Waals surface area contributed by atoms with Gasteiger partial charge >= 0.3 is 46.8 Å². The number of rotatable bonds is 8. The van der Waals surface area contributed by atoms with Gasteiger partial charge in [0.15, 0.2) is 16.7 Å². The first-order chi connectivity index (χ1) is 40.4. The monoisotopic (exact) mass is 1210 g/mol. The van der Waals surface area contributed by atoms with Crippen LogP contribution in [0.5, 0.6) is 0 Å². The molecule has 4 amide bonds. The molecule has 9 aromatic rings. The Kier molecular flexibility index (Phi) is 20.1. The lowest BCUT2D eigenvalue weighted by Crippen LogP contribution is -2.31. The van der Waals surface area contributed by atoms with Crippen molar-refractivity contribution in [3.05, 3.63) is 172 Å². The molecule has 0 saturated heterocycles. The average molecular weight is 1210 g/mol. The number of anilines is 6. The lowest BCUT2D eigenvalue weighted by atomic mass is 9.90. The van der Waals surface area contributed by atoms with Crippen LogP contribution in [0.2, 0.25) is 0 Å². The predicted molar refractivity (Wildman–Crippen MR) is 335 cm³/mol. The van der Waals surface area contributed by atoms with Crippen molar-refractivity contribution in [2.75, 3.05) is 66.8 Å². The first kappa shape index (κ1) is 62.1. The number of carboxylic acid groups (broad SMARTS) is 1. The molecule has 12 rings (SSSR count). The van der Waals surface area contributed by atoms with Crippen LogP contribution < -0.4 is 48.4 Å². The van der Waals surface area contributed by atoms with Crippen molar-refractivity contribution < 1.29 is 51.8 Å². The number of aryl methyl sites for hydroxylation is 3. The number of hydrogen-bond acceptors (Lipinski definition) is 18. The number of fused-ring (bicyclic) bond motifs is 6. The number of aromatic carboxylic acids is 1. The maximum Gasteiger partial charge on any atom is 0.351 e. The summed E-state index contributed by atoms with van der Waals surface area (Å²) in [6.07, 6.45) is 13.6. The Morgan fingerprint density at radius 2 is 0.906 bits per heavy atom. The van der Waals surface area contributed by atoms with Crippen molar-refractivity contribution in [2.24, 2.45) is 0 Å². The number of carbonyl (C=O) groups is 5. The summed E-state index contributed by atoms with van der Waals surface area (Å²) >= 11 is 3.83. The van der Waals surface area contributed by atoms with Crippen LogP contribution in [-0.2, 0) is 48.0 Å². The molecule has 3 aliphatic rings. The summed E-state index contributed by atoms with van der Waals surface area (Å²) in [6, 6.07) is 26.7. The molecule has 3 radical (unpaired) electrons. The summed E-state index contributed by atoms with van der Waals surface area (Å²) in [4.78, 5) is 97.7. The quantitative estimate of drug-likeness (QED) is 0.0537. The van der Waals surface area contributed by atoms with E-state index in [2.05, 4.69) is 49.7 Å². The molecule has 24 heteroatoms. The molecular formula is C61H60BN6O14S3. The van der Waals surface area contributed by atoms with E-state index >= 15 is 0 Å². The van der Waals surface area contributed by atoms with Crippen LogP contribution in [0.3, 0.4) is 0 Å². The van der Waals surface area contributed by atoms with Gasteiger partial charge in [-0.2, -0.15) is 0 Å². The van der Waals surface area contributed by atoms with Crippen molar-refractivity contribution in [1.29, 1.82) is 0 Å². The van der Waals surface area contributed by atoms with Gasteiger partial charge in [-0.3, -0.25) is 9.80 Å². The van der Waals surface area contributed by atoms with Crippen molar-refractivity contribution in [3.8, 4) is 0 Å². The van der Waals surface area contributed by atoms with Gasteiger partial charge in [-0.25, -0.2) is 38.4 Å². The molecule has 0 atom stereocenters. The lowest BCUT2D eigenvalue weighted by Gasteiger charge is -2.21. The first-order valence-electron chi connectivity index (χ1n) is 26.9. The van der Waals surface area contributed by atoms with Gasteiger partial charge in [0.2, 0.25) is 0 Å². The summed E-state index contributed by atoms with van der Waals surface area (Å²) in [5.74, 6) is -2.78. The fraction of sp³-hybridized carbons (Fsp3) is 0.279. The van der Waals surface area contributed by atoms with Gasteiger partial charge in [0.25, 0.3) is 0 Å². The minimum atomic E-state index is -1.34. The molecule has 6 heterocycles. The van der Waals surface area contributed by atoms with Gasteiger partial charge in [-0.1, -0.05) is 36.4 Å². The van der Waals surface area contributed by atoms with Gasteiger partial charge in [-0.05, 0) is 147 Å². The number of nitrogens with two attached hydrogens (primary N) is 1. The Labute approximate surface area is 500 Å². The number of urea groups is 2. The zero-order valence-electron chi connectivity index (χ0n) is 47.2. The van der Waals surface area contributed by atoms with Crippen LogP contribution in [0.1, 0.15) is 103 Å². The standard InChI is InChI=1S/C21H20N2O5S.C20H18N2O5S.C10H9NO4S.C10H13N.B/c1-23(21(26)22-15-9-5-7-12-6-3-4-8-13(12)15)18-11-16-17(29-18)10-14(19(24)27-2)20(25)28-16;1-22(17-10-15-16(28-17)9-13(18(23)24)19(25)27-15)20(26)21-14-8-4-6-11-5-2-3-7-12(11)14;1-11-8-4-6-7(16-8)3-5(9(12)14-2)10(13)15-6;11-10-7-3-5-8-4-1-2-6-9(8)10;/h5,7,9-11H,3-4,6,8H2,1-2H3,(H,22,26);4,6,8-10H,2-3,5,7H2,1H3,(H,21,26)(H,23,24);3-4,11H,1-2H3;3,5,7H,1-2,4,6,11H2;. The minimum absolute atomic E-state index is 0. The Morgan fingerprint density at radius 3 is 1.33 bits per heavy atom. The Balaban J connectivity index is 0.000000156. The third kappa shape index (κ3) is 14.2. The van der Waals surface area contributed by atoms with Crippen molar-refractivity contribution in [1.82, 2.24) is 0 Å². The van der Waals surface area contributed by atoms with E-state index in [4.69, 9.17) is 24.1 Å². The maximum absolute atomic E-state index is 12.8. The molecule has 6 aromatic heterocycles. The molecule has 20 nitrogen and oxygen atoms in total. The number of hydrogen-bond donors (Lipinski definition) is 5.